The zero-order valence-corrected chi connectivity index (χ0v) is 14.9. The third-order valence-corrected chi connectivity index (χ3v) is 4.46. The Morgan fingerprint density at radius 2 is 1.67 bits per heavy atom. The lowest BCUT2D eigenvalue weighted by atomic mass is 10.1. The number of piperazine rings is 1. The molecule has 1 saturated heterocycles. The summed E-state index contributed by atoms with van der Waals surface area (Å²) >= 11 is 0. The van der Waals surface area contributed by atoms with Crippen LogP contribution in [0.2, 0.25) is 0 Å². The maximum atomic E-state index is 13.0. The number of benzene rings is 1. The Morgan fingerprint density at radius 3 is 2.26 bits per heavy atom. The van der Waals surface area contributed by atoms with Crippen LogP contribution in [0.3, 0.4) is 0 Å². The van der Waals surface area contributed by atoms with E-state index in [1.165, 1.54) is 42.5 Å². The fraction of sp³-hybridized carbons (Fsp3) is 0.316. The minimum Gasteiger partial charge on any atom is -0.459 e. The number of hydrogen-bond acceptors (Lipinski definition) is 4. The Hall–Kier alpha value is -3.16. The quantitative estimate of drug-likeness (QED) is 0.814. The molecule has 3 rings (SSSR count). The average molecular weight is 373 g/mol. The molecule has 2 heterocycles. The van der Waals surface area contributed by atoms with E-state index in [1.807, 2.05) is 0 Å². The van der Waals surface area contributed by atoms with Gasteiger partial charge in [0.1, 0.15) is 5.82 Å². The van der Waals surface area contributed by atoms with E-state index in [0.717, 1.165) is 0 Å². The predicted molar refractivity (Wildman–Crippen MR) is 94.6 cm³/mol. The van der Waals surface area contributed by atoms with Crippen LogP contribution in [0, 0.1) is 5.82 Å². The normalized spacial score (nSPS) is 14.1. The van der Waals surface area contributed by atoms with E-state index in [9.17, 15) is 18.8 Å². The molecule has 0 unspecified atom stereocenters. The molecule has 27 heavy (non-hydrogen) atoms. The van der Waals surface area contributed by atoms with Crippen LogP contribution in [0.4, 0.5) is 4.39 Å². The van der Waals surface area contributed by atoms with Gasteiger partial charge in [0.05, 0.1) is 12.8 Å². The molecule has 3 amide bonds. The van der Waals surface area contributed by atoms with E-state index in [-0.39, 0.29) is 30.0 Å². The first kappa shape index (κ1) is 18.6. The molecule has 8 heteroatoms. The van der Waals surface area contributed by atoms with E-state index in [1.54, 1.807) is 21.9 Å². The Balaban J connectivity index is 1.51. The number of hydrogen-bond donors (Lipinski definition) is 0. The van der Waals surface area contributed by atoms with Crippen LogP contribution in [0.1, 0.15) is 20.9 Å². The Kier molecular flexibility index (Phi) is 5.54. The van der Waals surface area contributed by atoms with Crippen molar-refractivity contribution >= 4 is 17.7 Å². The molecular weight excluding hydrogens is 353 g/mol. The van der Waals surface area contributed by atoms with E-state index >= 15 is 0 Å². The van der Waals surface area contributed by atoms with Crippen molar-refractivity contribution in [3.05, 3.63) is 59.8 Å². The lowest BCUT2D eigenvalue weighted by Crippen LogP contribution is -2.52. The fourth-order valence-corrected chi connectivity index (χ4v) is 2.90. The fourth-order valence-electron chi connectivity index (χ4n) is 2.90. The zero-order chi connectivity index (χ0) is 19.4. The Bertz CT molecular complexity index is 812. The van der Waals surface area contributed by atoms with E-state index in [2.05, 4.69) is 0 Å². The minimum atomic E-state index is -0.393. The van der Waals surface area contributed by atoms with Gasteiger partial charge in [0.25, 0.3) is 11.8 Å². The summed E-state index contributed by atoms with van der Waals surface area (Å²) in [7, 11) is 1.54. The van der Waals surface area contributed by atoms with Crippen molar-refractivity contribution in [2.45, 2.75) is 0 Å². The van der Waals surface area contributed by atoms with Crippen LogP contribution in [0.25, 0.3) is 0 Å². The summed E-state index contributed by atoms with van der Waals surface area (Å²) in [6.45, 7) is 1.48. The van der Waals surface area contributed by atoms with Crippen molar-refractivity contribution in [1.29, 1.82) is 0 Å². The van der Waals surface area contributed by atoms with Gasteiger partial charge in [-0.3, -0.25) is 14.4 Å². The molecule has 0 saturated carbocycles. The number of carbonyl (C=O) groups excluding carboxylic acids is 3. The second-order valence-corrected chi connectivity index (χ2v) is 6.32. The highest BCUT2D eigenvalue weighted by molar-refractivity contribution is 5.95. The van der Waals surface area contributed by atoms with Crippen molar-refractivity contribution in [3.8, 4) is 0 Å². The second kappa shape index (κ2) is 8.03. The molecule has 1 aliphatic heterocycles. The predicted octanol–water partition coefficient (Wildman–Crippen LogP) is 1.48. The van der Waals surface area contributed by atoms with Crippen LogP contribution >= 0.6 is 0 Å². The lowest BCUT2D eigenvalue weighted by molar-refractivity contribution is -0.133. The smallest absolute Gasteiger partial charge is 0.289 e. The van der Waals surface area contributed by atoms with Gasteiger partial charge in [-0.1, -0.05) is 0 Å². The van der Waals surface area contributed by atoms with Crippen molar-refractivity contribution in [2.75, 3.05) is 39.8 Å². The summed E-state index contributed by atoms with van der Waals surface area (Å²) in [5.74, 6) is -0.952. The highest BCUT2D eigenvalue weighted by Gasteiger charge is 2.26. The van der Waals surface area contributed by atoms with Gasteiger partial charge in [-0.2, -0.15) is 0 Å². The van der Waals surface area contributed by atoms with Gasteiger partial charge in [-0.15, -0.1) is 0 Å². The maximum Gasteiger partial charge on any atom is 0.289 e. The molecule has 0 spiro atoms. The largest absolute Gasteiger partial charge is 0.459 e. The number of halogens is 1. The zero-order valence-electron chi connectivity index (χ0n) is 14.9. The summed E-state index contributed by atoms with van der Waals surface area (Å²) < 4.78 is 18.0. The molecule has 1 aromatic heterocycles. The van der Waals surface area contributed by atoms with Crippen LogP contribution in [-0.4, -0.2) is 72.2 Å². The van der Waals surface area contributed by atoms with Gasteiger partial charge < -0.3 is 19.1 Å². The van der Waals surface area contributed by atoms with Crippen LogP contribution in [0.5, 0.6) is 0 Å². The van der Waals surface area contributed by atoms with Crippen molar-refractivity contribution in [2.24, 2.45) is 0 Å². The van der Waals surface area contributed by atoms with Crippen LogP contribution in [-0.2, 0) is 4.79 Å². The summed E-state index contributed by atoms with van der Waals surface area (Å²) in [6.07, 6.45) is 1.40. The number of carbonyl (C=O) groups is 3. The minimum absolute atomic E-state index is 0.0640. The van der Waals surface area contributed by atoms with E-state index in [0.29, 0.717) is 31.7 Å². The standard InChI is InChI=1S/C19H20FN3O4/c1-21(19(26)16-3-2-12-27-16)13-17(24)22-8-10-23(11-9-22)18(25)14-4-6-15(20)7-5-14/h2-7,12H,8-11,13H2,1H3. The molecule has 0 bridgehead atoms. The molecule has 0 aliphatic carbocycles. The summed E-state index contributed by atoms with van der Waals surface area (Å²) in [6, 6.07) is 8.55. The van der Waals surface area contributed by atoms with Crippen molar-refractivity contribution < 1.29 is 23.2 Å². The number of nitrogens with zero attached hydrogens (tertiary/aromatic N) is 3. The van der Waals surface area contributed by atoms with Gasteiger partial charge in [-0.25, -0.2) is 4.39 Å². The number of likely N-dealkylation sites (N-methyl/N-ethyl adjacent to an activating group) is 1. The third kappa shape index (κ3) is 4.33. The average Bonchev–Trinajstić information content (AvgIpc) is 3.22. The van der Waals surface area contributed by atoms with Gasteiger partial charge in [0.15, 0.2) is 5.76 Å². The topological polar surface area (TPSA) is 74.1 Å². The monoisotopic (exact) mass is 373 g/mol. The SMILES string of the molecule is CN(CC(=O)N1CCN(C(=O)c2ccc(F)cc2)CC1)C(=O)c1ccco1. The Morgan fingerprint density at radius 1 is 1.04 bits per heavy atom. The number of furan rings is 1. The van der Waals surface area contributed by atoms with Crippen LogP contribution < -0.4 is 0 Å². The first-order valence-corrected chi connectivity index (χ1v) is 8.57. The molecule has 142 valence electrons. The number of amides is 3. The molecule has 0 N–H and O–H groups in total. The molecule has 2 aromatic rings. The summed E-state index contributed by atoms with van der Waals surface area (Å²) in [4.78, 5) is 41.5. The summed E-state index contributed by atoms with van der Waals surface area (Å²) in [5.41, 5.74) is 0.417. The first-order chi connectivity index (χ1) is 13.0. The van der Waals surface area contributed by atoms with E-state index in [4.69, 9.17) is 4.42 Å². The maximum absolute atomic E-state index is 13.0. The van der Waals surface area contributed by atoms with Crippen LogP contribution in [0.15, 0.2) is 47.1 Å². The first-order valence-electron chi connectivity index (χ1n) is 8.57. The molecule has 0 radical (unpaired) electrons. The van der Waals surface area contributed by atoms with Crippen molar-refractivity contribution in [3.63, 3.8) is 0 Å². The van der Waals surface area contributed by atoms with E-state index < -0.39 is 5.82 Å². The Labute approximate surface area is 155 Å². The third-order valence-electron chi connectivity index (χ3n) is 4.46. The van der Waals surface area contributed by atoms with Crippen molar-refractivity contribution in [1.82, 2.24) is 14.7 Å². The molecule has 0 atom stereocenters. The highest BCUT2D eigenvalue weighted by atomic mass is 19.1. The molecule has 1 fully saturated rings. The molecule has 1 aliphatic rings. The van der Waals surface area contributed by atoms with Gasteiger partial charge in [-0.05, 0) is 36.4 Å². The second-order valence-electron chi connectivity index (χ2n) is 6.32. The van der Waals surface area contributed by atoms with Gasteiger partial charge in [0.2, 0.25) is 5.91 Å². The summed E-state index contributed by atoms with van der Waals surface area (Å²) in [5, 5.41) is 0. The lowest BCUT2D eigenvalue weighted by Gasteiger charge is -2.35. The highest BCUT2D eigenvalue weighted by Crippen LogP contribution is 2.11. The number of rotatable bonds is 4. The van der Waals surface area contributed by atoms with Gasteiger partial charge in [0, 0.05) is 38.8 Å². The van der Waals surface area contributed by atoms with Gasteiger partial charge >= 0.3 is 0 Å². The molecule has 1 aromatic carbocycles. The molecular formula is C19H20FN3O4. The molecule has 7 nitrogen and oxygen atoms in total.